The summed E-state index contributed by atoms with van der Waals surface area (Å²) >= 11 is 5.30. The Morgan fingerprint density at radius 3 is 2.61 bits per heavy atom. The van der Waals surface area contributed by atoms with Crippen molar-refractivity contribution >= 4 is 18.1 Å². The first-order chi connectivity index (χ1) is 10.7. The summed E-state index contributed by atoms with van der Waals surface area (Å²) in [6.45, 7) is 6.83. The molecule has 124 valence electrons. The standard InChI is InChI=1S/C16H23N5OS/c1-16(2,3)18-13(22)10-20(4)11-21-15(23)17-14(19-21)12-8-6-5-7-9-12/h5-9H,10-11H2,1-4H3,(H,18,22)(H,17,19,23)/p+1. The van der Waals surface area contributed by atoms with E-state index in [1.807, 2.05) is 58.2 Å². The number of carbonyl (C=O) groups excluding carboxylic acids is 1. The lowest BCUT2D eigenvalue weighted by molar-refractivity contribution is -0.895. The van der Waals surface area contributed by atoms with E-state index in [-0.39, 0.29) is 11.4 Å². The average Bonchev–Trinajstić information content (AvgIpc) is 2.78. The topological polar surface area (TPSA) is 67.2 Å². The Kier molecular flexibility index (Phi) is 5.33. The second kappa shape index (κ2) is 7.06. The molecule has 23 heavy (non-hydrogen) atoms. The monoisotopic (exact) mass is 334 g/mol. The van der Waals surface area contributed by atoms with Crippen LogP contribution in [0.15, 0.2) is 30.3 Å². The fraction of sp³-hybridized carbons (Fsp3) is 0.438. The Morgan fingerprint density at radius 1 is 1.35 bits per heavy atom. The van der Waals surface area contributed by atoms with E-state index in [1.165, 1.54) is 0 Å². The van der Waals surface area contributed by atoms with Crippen LogP contribution in [0.1, 0.15) is 20.8 Å². The van der Waals surface area contributed by atoms with Gasteiger partial charge in [-0.15, -0.1) is 0 Å². The van der Waals surface area contributed by atoms with Gasteiger partial charge < -0.3 is 10.2 Å². The first kappa shape index (κ1) is 17.4. The first-order valence-corrected chi connectivity index (χ1v) is 8.00. The summed E-state index contributed by atoms with van der Waals surface area (Å²) in [6, 6.07) is 9.83. The number of carbonyl (C=O) groups is 1. The quantitative estimate of drug-likeness (QED) is 0.715. The second-order valence-corrected chi connectivity index (χ2v) is 7.10. The van der Waals surface area contributed by atoms with Crippen molar-refractivity contribution in [2.24, 2.45) is 0 Å². The lowest BCUT2D eigenvalue weighted by Gasteiger charge is -2.21. The zero-order chi connectivity index (χ0) is 17.0. The summed E-state index contributed by atoms with van der Waals surface area (Å²) in [6.07, 6.45) is 0. The Labute approximate surface area is 141 Å². The molecule has 1 amide bonds. The lowest BCUT2D eigenvalue weighted by Crippen LogP contribution is -3.09. The highest BCUT2D eigenvalue weighted by Crippen LogP contribution is 2.13. The second-order valence-electron chi connectivity index (χ2n) is 6.74. The number of quaternary nitrogens is 1. The molecule has 2 aromatic rings. The van der Waals surface area contributed by atoms with E-state index in [2.05, 4.69) is 15.4 Å². The molecule has 7 heteroatoms. The molecule has 0 saturated carbocycles. The Balaban J connectivity index is 2.02. The number of aromatic nitrogens is 3. The van der Waals surface area contributed by atoms with E-state index in [9.17, 15) is 4.79 Å². The number of hydrogen-bond acceptors (Lipinski definition) is 3. The summed E-state index contributed by atoms with van der Waals surface area (Å²) < 4.78 is 2.27. The molecule has 1 heterocycles. The molecule has 0 fully saturated rings. The fourth-order valence-electron chi connectivity index (χ4n) is 2.25. The molecule has 0 bridgehead atoms. The molecule has 2 rings (SSSR count). The summed E-state index contributed by atoms with van der Waals surface area (Å²) in [5, 5.41) is 6.16. The highest BCUT2D eigenvalue weighted by atomic mass is 32.1. The number of hydrogen-bond donors (Lipinski definition) is 3. The third kappa shape index (κ3) is 5.30. The van der Waals surface area contributed by atoms with Crippen LogP contribution in [-0.4, -0.2) is 39.8 Å². The molecule has 0 radical (unpaired) electrons. The van der Waals surface area contributed by atoms with E-state index < -0.39 is 0 Å². The summed E-state index contributed by atoms with van der Waals surface area (Å²) in [5.74, 6) is 0.756. The molecule has 1 aromatic heterocycles. The van der Waals surface area contributed by atoms with Crippen molar-refractivity contribution in [3.8, 4) is 11.4 Å². The molecule has 6 nitrogen and oxygen atoms in total. The molecule has 0 spiro atoms. The fourth-order valence-corrected chi connectivity index (χ4v) is 2.45. The average molecular weight is 334 g/mol. The number of aromatic amines is 1. The number of nitrogens with zero attached hydrogens (tertiary/aromatic N) is 2. The molecule has 1 aromatic carbocycles. The number of likely N-dealkylation sites (N-methyl/N-ethyl adjacent to an activating group) is 1. The van der Waals surface area contributed by atoms with E-state index in [1.54, 1.807) is 4.68 Å². The summed E-state index contributed by atoms with van der Waals surface area (Å²) in [7, 11) is 1.95. The molecule has 0 aliphatic heterocycles. The van der Waals surface area contributed by atoms with Crippen LogP contribution in [0, 0.1) is 4.77 Å². The van der Waals surface area contributed by atoms with Crippen molar-refractivity contribution in [3.63, 3.8) is 0 Å². The van der Waals surface area contributed by atoms with Crippen LogP contribution >= 0.6 is 12.2 Å². The predicted molar refractivity (Wildman–Crippen MR) is 92.5 cm³/mol. The molecule has 3 N–H and O–H groups in total. The van der Waals surface area contributed by atoms with E-state index in [4.69, 9.17) is 12.2 Å². The zero-order valence-corrected chi connectivity index (χ0v) is 14.8. The van der Waals surface area contributed by atoms with Crippen molar-refractivity contribution in [3.05, 3.63) is 35.1 Å². The van der Waals surface area contributed by atoms with Gasteiger partial charge in [-0.05, 0) is 33.0 Å². The van der Waals surface area contributed by atoms with Crippen LogP contribution in [0.3, 0.4) is 0 Å². The van der Waals surface area contributed by atoms with Gasteiger partial charge in [0.05, 0.1) is 7.05 Å². The van der Waals surface area contributed by atoms with Gasteiger partial charge in [-0.2, -0.15) is 4.98 Å². The number of H-pyrrole nitrogens is 1. The van der Waals surface area contributed by atoms with Gasteiger partial charge in [-0.1, -0.05) is 30.3 Å². The van der Waals surface area contributed by atoms with Crippen LogP contribution in [0.5, 0.6) is 0 Å². The number of rotatable bonds is 5. The Bertz CT molecular complexity index is 714. The number of amides is 1. The normalized spacial score (nSPS) is 12.9. The third-order valence-electron chi connectivity index (χ3n) is 3.13. The minimum Gasteiger partial charge on any atom is -0.347 e. The number of benzene rings is 1. The molecular formula is C16H24N5OS+. The van der Waals surface area contributed by atoms with Crippen LogP contribution in [-0.2, 0) is 11.5 Å². The van der Waals surface area contributed by atoms with Gasteiger partial charge in [0.15, 0.2) is 19.0 Å². The first-order valence-electron chi connectivity index (χ1n) is 7.59. The van der Waals surface area contributed by atoms with Gasteiger partial charge in [-0.3, -0.25) is 9.89 Å². The summed E-state index contributed by atoms with van der Waals surface area (Å²) in [5.41, 5.74) is 0.766. The predicted octanol–water partition coefficient (Wildman–Crippen LogP) is 0.995. The molecule has 1 unspecified atom stereocenters. The van der Waals surface area contributed by atoms with Gasteiger partial charge in [0.25, 0.3) is 5.91 Å². The largest absolute Gasteiger partial charge is 0.347 e. The maximum atomic E-state index is 12.0. The third-order valence-corrected chi connectivity index (χ3v) is 3.44. The molecular weight excluding hydrogens is 310 g/mol. The number of nitrogens with one attached hydrogen (secondary N) is 3. The van der Waals surface area contributed by atoms with Gasteiger partial charge in [0.1, 0.15) is 0 Å². The van der Waals surface area contributed by atoms with Gasteiger partial charge in [0.2, 0.25) is 4.77 Å². The maximum Gasteiger partial charge on any atom is 0.275 e. The lowest BCUT2D eigenvalue weighted by atomic mass is 10.1. The smallest absolute Gasteiger partial charge is 0.275 e. The van der Waals surface area contributed by atoms with E-state index in [0.29, 0.717) is 18.0 Å². The van der Waals surface area contributed by atoms with Crippen LogP contribution < -0.4 is 10.2 Å². The Hall–Kier alpha value is -1.99. The zero-order valence-electron chi connectivity index (χ0n) is 14.0. The van der Waals surface area contributed by atoms with E-state index >= 15 is 0 Å². The van der Waals surface area contributed by atoms with Crippen LogP contribution in [0.4, 0.5) is 0 Å². The summed E-state index contributed by atoms with van der Waals surface area (Å²) in [4.78, 5) is 17.4. The minimum atomic E-state index is -0.220. The highest BCUT2D eigenvalue weighted by Gasteiger charge is 2.17. The SMILES string of the molecule is C[NH+](CC(=O)NC(C)(C)C)Cn1[nH]c(-c2ccccc2)nc1=S. The van der Waals surface area contributed by atoms with Gasteiger partial charge in [0, 0.05) is 11.1 Å². The highest BCUT2D eigenvalue weighted by molar-refractivity contribution is 7.71. The molecule has 0 saturated heterocycles. The molecule has 1 atom stereocenters. The Morgan fingerprint density at radius 2 is 2.00 bits per heavy atom. The van der Waals surface area contributed by atoms with Gasteiger partial charge in [-0.25, -0.2) is 4.68 Å². The minimum absolute atomic E-state index is 0.0179. The molecule has 0 aliphatic carbocycles. The van der Waals surface area contributed by atoms with Gasteiger partial charge >= 0.3 is 0 Å². The van der Waals surface area contributed by atoms with Crippen molar-refractivity contribution in [1.82, 2.24) is 20.1 Å². The molecule has 0 aliphatic rings. The van der Waals surface area contributed by atoms with E-state index in [0.717, 1.165) is 16.3 Å². The van der Waals surface area contributed by atoms with Crippen molar-refractivity contribution < 1.29 is 9.69 Å². The maximum absolute atomic E-state index is 12.0. The van der Waals surface area contributed by atoms with Crippen molar-refractivity contribution in [1.29, 1.82) is 0 Å². The van der Waals surface area contributed by atoms with Crippen molar-refractivity contribution in [2.45, 2.75) is 33.0 Å². The van der Waals surface area contributed by atoms with Crippen molar-refractivity contribution in [2.75, 3.05) is 13.6 Å². The van der Waals surface area contributed by atoms with Crippen LogP contribution in [0.2, 0.25) is 0 Å². The van der Waals surface area contributed by atoms with Crippen LogP contribution in [0.25, 0.3) is 11.4 Å².